The van der Waals surface area contributed by atoms with Crippen LogP contribution < -0.4 is 0 Å². The van der Waals surface area contributed by atoms with Gasteiger partial charge in [-0.05, 0) is 0 Å². The van der Waals surface area contributed by atoms with Crippen molar-refractivity contribution in [3.8, 4) is 0 Å². The molecule has 0 amide bonds. The number of hydrogen-bond donors (Lipinski definition) is 8. The molecule has 0 unspecified atom stereocenters. The van der Waals surface area contributed by atoms with E-state index < -0.39 is 68.3 Å². The quantitative estimate of drug-likeness (QED) is 0.196. The van der Waals surface area contributed by atoms with Crippen molar-refractivity contribution >= 4 is 6.29 Å². The molecule has 0 spiro atoms. The summed E-state index contributed by atoms with van der Waals surface area (Å²) in [6.45, 7) is -1.64. The third-order valence-corrected chi connectivity index (χ3v) is 3.53. The Morgan fingerprint density at radius 2 is 1.65 bits per heavy atom. The number of aliphatic hydroxyl groups is 8. The Bertz CT molecular complexity index is 365. The average molecular weight is 342 g/mol. The van der Waals surface area contributed by atoms with Crippen molar-refractivity contribution in [1.29, 1.82) is 0 Å². The maximum atomic E-state index is 10.5. The van der Waals surface area contributed by atoms with Crippen LogP contribution in [0, 0.1) is 0 Å². The van der Waals surface area contributed by atoms with Crippen molar-refractivity contribution < 1.29 is 55.1 Å². The Morgan fingerprint density at radius 1 is 1.04 bits per heavy atom. The molecule has 0 radical (unpaired) electrons. The van der Waals surface area contributed by atoms with E-state index in [4.69, 9.17) is 19.7 Å². The van der Waals surface area contributed by atoms with E-state index in [0.29, 0.717) is 0 Å². The first-order valence-corrected chi connectivity index (χ1v) is 6.84. The summed E-state index contributed by atoms with van der Waals surface area (Å²) < 4.78 is 10.1. The SMILES string of the molecule is O=C[C@H](O)[C@H](O)[C@@H](O[C@H]1O[C@@H](CO)[C@H](O)[C@@H](O)[C@@H]1O)[C@@H](O)CO. The second kappa shape index (κ2) is 8.94. The van der Waals surface area contributed by atoms with Gasteiger partial charge in [0.1, 0.15) is 48.8 Å². The summed E-state index contributed by atoms with van der Waals surface area (Å²) in [5, 5.41) is 75.7. The lowest BCUT2D eigenvalue weighted by atomic mass is 9.98. The summed E-state index contributed by atoms with van der Waals surface area (Å²) in [6, 6.07) is 0. The smallest absolute Gasteiger partial charge is 0.187 e. The van der Waals surface area contributed by atoms with Crippen molar-refractivity contribution in [3.63, 3.8) is 0 Å². The van der Waals surface area contributed by atoms with Crippen LogP contribution in [0.3, 0.4) is 0 Å². The molecule has 1 saturated heterocycles. The highest BCUT2D eigenvalue weighted by Gasteiger charge is 2.46. The molecule has 23 heavy (non-hydrogen) atoms. The molecule has 0 aromatic rings. The van der Waals surface area contributed by atoms with Crippen molar-refractivity contribution in [2.75, 3.05) is 13.2 Å². The molecule has 1 fully saturated rings. The fourth-order valence-electron chi connectivity index (χ4n) is 2.11. The average Bonchev–Trinajstić information content (AvgIpc) is 2.57. The van der Waals surface area contributed by atoms with Gasteiger partial charge in [-0.2, -0.15) is 0 Å². The van der Waals surface area contributed by atoms with E-state index in [2.05, 4.69) is 0 Å². The summed E-state index contributed by atoms with van der Waals surface area (Å²) in [7, 11) is 0. The van der Waals surface area contributed by atoms with Crippen LogP contribution in [0.1, 0.15) is 0 Å². The third-order valence-electron chi connectivity index (χ3n) is 3.53. The zero-order valence-corrected chi connectivity index (χ0v) is 12.0. The van der Waals surface area contributed by atoms with Gasteiger partial charge in [-0.3, -0.25) is 0 Å². The summed E-state index contributed by atoms with van der Waals surface area (Å²) in [4.78, 5) is 10.5. The number of rotatable bonds is 8. The third kappa shape index (κ3) is 4.64. The molecule has 11 nitrogen and oxygen atoms in total. The van der Waals surface area contributed by atoms with Crippen molar-refractivity contribution in [1.82, 2.24) is 0 Å². The van der Waals surface area contributed by atoms with Gasteiger partial charge in [0.05, 0.1) is 13.2 Å². The van der Waals surface area contributed by atoms with Crippen LogP contribution in [0.25, 0.3) is 0 Å². The molecule has 1 heterocycles. The van der Waals surface area contributed by atoms with Crippen LogP contribution in [-0.4, -0.2) is 115 Å². The number of carbonyl (C=O) groups is 1. The molecule has 1 rings (SSSR count). The summed E-state index contributed by atoms with van der Waals surface area (Å²) in [5.74, 6) is 0. The lowest BCUT2D eigenvalue weighted by Gasteiger charge is -2.42. The van der Waals surface area contributed by atoms with Gasteiger partial charge >= 0.3 is 0 Å². The Morgan fingerprint density at radius 3 is 2.13 bits per heavy atom. The highest BCUT2D eigenvalue weighted by molar-refractivity contribution is 5.56. The van der Waals surface area contributed by atoms with Gasteiger partial charge in [0.15, 0.2) is 12.6 Å². The lowest BCUT2D eigenvalue weighted by Crippen LogP contribution is -2.61. The van der Waals surface area contributed by atoms with E-state index in [0.717, 1.165) is 0 Å². The first kappa shape index (κ1) is 20.3. The Labute approximate surface area is 130 Å². The highest BCUT2D eigenvalue weighted by Crippen LogP contribution is 2.24. The minimum atomic E-state index is -1.97. The molecule has 1 aliphatic heterocycles. The first-order valence-electron chi connectivity index (χ1n) is 6.84. The monoisotopic (exact) mass is 342 g/mol. The minimum Gasteiger partial charge on any atom is -0.394 e. The van der Waals surface area contributed by atoms with Crippen LogP contribution >= 0.6 is 0 Å². The van der Waals surface area contributed by atoms with E-state index >= 15 is 0 Å². The highest BCUT2D eigenvalue weighted by atomic mass is 16.7. The predicted octanol–water partition coefficient (Wildman–Crippen LogP) is -5.55. The van der Waals surface area contributed by atoms with Crippen molar-refractivity contribution in [2.24, 2.45) is 0 Å². The molecule has 0 bridgehead atoms. The largest absolute Gasteiger partial charge is 0.394 e. The Hall–Kier alpha value is -0.730. The van der Waals surface area contributed by atoms with Gasteiger partial charge in [0.2, 0.25) is 0 Å². The maximum absolute atomic E-state index is 10.5. The maximum Gasteiger partial charge on any atom is 0.187 e. The predicted molar refractivity (Wildman–Crippen MR) is 69.8 cm³/mol. The molecule has 8 N–H and O–H groups in total. The molecule has 11 heteroatoms. The van der Waals surface area contributed by atoms with Gasteiger partial charge < -0.3 is 55.1 Å². The van der Waals surface area contributed by atoms with Crippen LogP contribution in [0.4, 0.5) is 0 Å². The number of carbonyl (C=O) groups excluding carboxylic acids is 1. The molecular weight excluding hydrogens is 320 g/mol. The molecule has 136 valence electrons. The standard InChI is InChI=1S/C12H22O11/c13-1-4(16)7(18)11(5(17)2-14)23-12-10(21)9(20)8(19)6(3-15)22-12/h1,4-12,14-21H,2-3H2/t4-,5-,6-,7-,8-,9+,10-,11-,12+/m0/s1. The molecule has 0 aromatic heterocycles. The van der Waals surface area contributed by atoms with E-state index in [9.17, 15) is 35.4 Å². The summed E-state index contributed by atoms with van der Waals surface area (Å²) >= 11 is 0. The second-order valence-electron chi connectivity index (χ2n) is 5.17. The molecule has 9 atom stereocenters. The summed E-state index contributed by atoms with van der Waals surface area (Å²) in [6.07, 6.45) is -15.7. The fourth-order valence-corrected chi connectivity index (χ4v) is 2.11. The number of aliphatic hydroxyl groups excluding tert-OH is 8. The van der Waals surface area contributed by atoms with Gasteiger partial charge in [-0.25, -0.2) is 0 Å². The van der Waals surface area contributed by atoms with Crippen LogP contribution in [0.15, 0.2) is 0 Å². The zero-order chi connectivity index (χ0) is 17.7. The van der Waals surface area contributed by atoms with E-state index in [1.807, 2.05) is 0 Å². The van der Waals surface area contributed by atoms with Crippen molar-refractivity contribution in [3.05, 3.63) is 0 Å². The Balaban J connectivity index is 2.91. The topological polar surface area (TPSA) is 197 Å². The number of aldehydes is 1. The van der Waals surface area contributed by atoms with Crippen LogP contribution in [0.5, 0.6) is 0 Å². The molecular formula is C12H22O11. The normalized spacial score (nSPS) is 37.0. The number of ether oxygens (including phenoxy) is 2. The van der Waals surface area contributed by atoms with Gasteiger partial charge in [-0.15, -0.1) is 0 Å². The molecule has 0 aliphatic carbocycles. The molecule has 0 aromatic carbocycles. The zero-order valence-electron chi connectivity index (χ0n) is 12.0. The van der Waals surface area contributed by atoms with Crippen LogP contribution in [0.2, 0.25) is 0 Å². The number of hydrogen-bond acceptors (Lipinski definition) is 11. The first-order chi connectivity index (χ1) is 10.8. The van der Waals surface area contributed by atoms with E-state index in [-0.39, 0.29) is 6.29 Å². The second-order valence-corrected chi connectivity index (χ2v) is 5.17. The summed E-state index contributed by atoms with van der Waals surface area (Å²) in [5.41, 5.74) is 0. The van der Waals surface area contributed by atoms with E-state index in [1.54, 1.807) is 0 Å². The van der Waals surface area contributed by atoms with E-state index in [1.165, 1.54) is 0 Å². The van der Waals surface area contributed by atoms with Crippen molar-refractivity contribution in [2.45, 2.75) is 55.1 Å². The molecule has 1 aliphatic rings. The minimum absolute atomic E-state index is 0.0294. The van der Waals surface area contributed by atoms with Gasteiger partial charge in [0, 0.05) is 0 Å². The lowest BCUT2D eigenvalue weighted by molar-refractivity contribution is -0.326. The fraction of sp³-hybridized carbons (Fsp3) is 0.917. The van der Waals surface area contributed by atoms with Gasteiger partial charge in [0.25, 0.3) is 0 Å². The Kier molecular flexibility index (Phi) is 7.89. The van der Waals surface area contributed by atoms with Gasteiger partial charge in [-0.1, -0.05) is 0 Å². The van der Waals surface area contributed by atoms with Crippen LogP contribution in [-0.2, 0) is 14.3 Å². The molecule has 0 saturated carbocycles.